The summed E-state index contributed by atoms with van der Waals surface area (Å²) in [5.41, 5.74) is 0.966. The van der Waals surface area contributed by atoms with Crippen LogP contribution in [-0.2, 0) is 14.3 Å². The Balaban J connectivity index is 1.42. The second kappa shape index (κ2) is 8.66. The van der Waals surface area contributed by atoms with Gasteiger partial charge in [-0.15, -0.1) is 0 Å². The number of unbranched alkanes of at least 4 members (excludes halogenated alkanes) is 1. The highest BCUT2D eigenvalue weighted by molar-refractivity contribution is 6.22. The summed E-state index contributed by atoms with van der Waals surface area (Å²) in [7, 11) is 0. The first-order valence-corrected chi connectivity index (χ1v) is 11.0. The van der Waals surface area contributed by atoms with Crippen molar-refractivity contribution in [3.05, 3.63) is 29.8 Å². The zero-order valence-corrected chi connectivity index (χ0v) is 17.1. The molecule has 3 unspecified atom stereocenters. The van der Waals surface area contributed by atoms with E-state index in [1.54, 1.807) is 24.3 Å². The monoisotopic (exact) mass is 398 g/mol. The highest BCUT2D eigenvalue weighted by Crippen LogP contribution is 2.38. The minimum atomic E-state index is -0.373. The zero-order chi connectivity index (χ0) is 20.4. The van der Waals surface area contributed by atoms with Gasteiger partial charge in [-0.2, -0.15) is 0 Å². The molecular formula is C23H30N2O4. The Hall–Kier alpha value is -2.21. The molecule has 0 N–H and O–H groups in total. The van der Waals surface area contributed by atoms with Crippen molar-refractivity contribution in [2.75, 3.05) is 24.6 Å². The normalized spacial score (nSPS) is 27.3. The minimum Gasteiger partial charge on any atom is -0.462 e. The fourth-order valence-corrected chi connectivity index (χ4v) is 5.01. The molecule has 2 saturated heterocycles. The molecule has 1 aromatic carbocycles. The molecule has 156 valence electrons. The summed E-state index contributed by atoms with van der Waals surface area (Å²) in [4.78, 5) is 41.3. The molecule has 0 bridgehead atoms. The van der Waals surface area contributed by atoms with Crippen molar-refractivity contribution in [2.45, 2.75) is 57.9 Å². The number of imide groups is 1. The van der Waals surface area contributed by atoms with Crippen molar-refractivity contribution in [2.24, 2.45) is 11.8 Å². The predicted octanol–water partition coefficient (Wildman–Crippen LogP) is 3.40. The fraction of sp³-hybridized carbons (Fsp3) is 0.609. The maximum Gasteiger partial charge on any atom is 0.338 e. The number of likely N-dealkylation sites (tertiary alicyclic amines) is 1. The number of carbonyl (C=O) groups is 3. The first-order chi connectivity index (χ1) is 14.1. The summed E-state index contributed by atoms with van der Waals surface area (Å²) in [6.07, 6.45) is 7.10. The number of rotatable bonds is 6. The van der Waals surface area contributed by atoms with Crippen LogP contribution < -0.4 is 4.90 Å². The number of anilines is 1. The lowest BCUT2D eigenvalue weighted by atomic mass is 9.82. The van der Waals surface area contributed by atoms with Crippen LogP contribution in [0.15, 0.2) is 24.3 Å². The second-order valence-corrected chi connectivity index (χ2v) is 8.58. The molecule has 6 heteroatoms. The first-order valence-electron chi connectivity index (χ1n) is 11.0. The third-order valence-corrected chi connectivity index (χ3v) is 6.66. The van der Waals surface area contributed by atoms with Gasteiger partial charge in [0.25, 0.3) is 5.91 Å². The van der Waals surface area contributed by atoms with Crippen molar-refractivity contribution in [1.29, 1.82) is 0 Å². The van der Waals surface area contributed by atoms with Gasteiger partial charge in [0.2, 0.25) is 5.91 Å². The lowest BCUT2D eigenvalue weighted by molar-refractivity contribution is -0.122. The smallest absolute Gasteiger partial charge is 0.338 e. The number of hydrogen-bond donors (Lipinski definition) is 0. The molecule has 3 fully saturated rings. The summed E-state index contributed by atoms with van der Waals surface area (Å²) in [6, 6.07) is 6.24. The van der Waals surface area contributed by atoms with Gasteiger partial charge in [0.05, 0.1) is 30.3 Å². The van der Waals surface area contributed by atoms with Gasteiger partial charge in [0.1, 0.15) is 0 Å². The summed E-state index contributed by atoms with van der Waals surface area (Å²) in [5, 5.41) is 0. The van der Waals surface area contributed by atoms with Crippen LogP contribution >= 0.6 is 0 Å². The van der Waals surface area contributed by atoms with Crippen LogP contribution in [0.1, 0.15) is 62.2 Å². The van der Waals surface area contributed by atoms with E-state index in [9.17, 15) is 14.4 Å². The van der Waals surface area contributed by atoms with Gasteiger partial charge in [-0.3, -0.25) is 14.5 Å². The molecular weight excluding hydrogens is 368 g/mol. The SMILES string of the molecule is CCCCOC(=O)c1ccc(N2C(=O)CC(N3CC4CCCCC4C3)C2=O)cc1. The van der Waals surface area contributed by atoms with E-state index in [0.29, 0.717) is 29.7 Å². The highest BCUT2D eigenvalue weighted by atomic mass is 16.5. The van der Waals surface area contributed by atoms with Crippen molar-refractivity contribution in [3.63, 3.8) is 0 Å². The minimum absolute atomic E-state index is 0.132. The molecule has 6 nitrogen and oxygen atoms in total. The summed E-state index contributed by atoms with van der Waals surface area (Å²) >= 11 is 0. The number of ether oxygens (including phenoxy) is 1. The van der Waals surface area contributed by atoms with E-state index in [0.717, 1.165) is 25.9 Å². The molecule has 2 heterocycles. The molecule has 0 spiro atoms. The number of carbonyl (C=O) groups excluding carboxylic acids is 3. The molecule has 29 heavy (non-hydrogen) atoms. The molecule has 2 aliphatic heterocycles. The molecule has 4 rings (SSSR count). The van der Waals surface area contributed by atoms with Gasteiger partial charge in [0.15, 0.2) is 0 Å². The Morgan fingerprint density at radius 3 is 2.34 bits per heavy atom. The summed E-state index contributed by atoms with van der Waals surface area (Å²) in [6.45, 7) is 4.31. The van der Waals surface area contributed by atoms with E-state index in [-0.39, 0.29) is 30.2 Å². The topological polar surface area (TPSA) is 66.9 Å². The quantitative estimate of drug-likeness (QED) is 0.417. The van der Waals surface area contributed by atoms with E-state index in [4.69, 9.17) is 4.74 Å². The molecule has 1 saturated carbocycles. The van der Waals surface area contributed by atoms with E-state index in [1.807, 2.05) is 6.92 Å². The Kier molecular flexibility index (Phi) is 5.99. The molecule has 3 aliphatic rings. The molecule has 2 amide bonds. The van der Waals surface area contributed by atoms with Crippen LogP contribution in [0.5, 0.6) is 0 Å². The van der Waals surface area contributed by atoms with Gasteiger partial charge in [0, 0.05) is 13.1 Å². The van der Waals surface area contributed by atoms with Crippen LogP contribution in [0.3, 0.4) is 0 Å². The first kappa shape index (κ1) is 20.1. The highest BCUT2D eigenvalue weighted by Gasteiger charge is 2.46. The van der Waals surface area contributed by atoms with Crippen molar-refractivity contribution < 1.29 is 19.1 Å². The van der Waals surface area contributed by atoms with Crippen LogP contribution in [-0.4, -0.2) is 48.4 Å². The fourth-order valence-electron chi connectivity index (χ4n) is 5.01. The van der Waals surface area contributed by atoms with E-state index < -0.39 is 0 Å². The average molecular weight is 399 g/mol. The maximum atomic E-state index is 13.1. The molecule has 1 aromatic rings. The van der Waals surface area contributed by atoms with E-state index in [2.05, 4.69) is 4.90 Å². The summed E-state index contributed by atoms with van der Waals surface area (Å²) < 4.78 is 5.21. The number of amides is 2. The second-order valence-electron chi connectivity index (χ2n) is 8.58. The Morgan fingerprint density at radius 2 is 1.72 bits per heavy atom. The van der Waals surface area contributed by atoms with E-state index >= 15 is 0 Å². The third kappa shape index (κ3) is 4.08. The van der Waals surface area contributed by atoms with Crippen molar-refractivity contribution in [1.82, 2.24) is 4.90 Å². The summed E-state index contributed by atoms with van der Waals surface area (Å²) in [5.74, 6) is 0.694. The van der Waals surface area contributed by atoms with Gasteiger partial charge in [-0.1, -0.05) is 26.2 Å². The number of benzene rings is 1. The van der Waals surface area contributed by atoms with E-state index in [1.165, 1.54) is 30.6 Å². The van der Waals surface area contributed by atoms with Gasteiger partial charge < -0.3 is 4.74 Å². The lowest BCUT2D eigenvalue weighted by Gasteiger charge is -2.23. The van der Waals surface area contributed by atoms with Gasteiger partial charge in [-0.05, 0) is 55.4 Å². The lowest BCUT2D eigenvalue weighted by Crippen LogP contribution is -2.41. The Morgan fingerprint density at radius 1 is 1.07 bits per heavy atom. The van der Waals surface area contributed by atoms with Crippen LogP contribution in [0.2, 0.25) is 0 Å². The van der Waals surface area contributed by atoms with Crippen LogP contribution in [0.4, 0.5) is 5.69 Å². The average Bonchev–Trinajstić information content (AvgIpc) is 3.28. The molecule has 3 atom stereocenters. The molecule has 1 aliphatic carbocycles. The Labute approximate surface area is 172 Å². The van der Waals surface area contributed by atoms with Crippen molar-refractivity contribution in [3.8, 4) is 0 Å². The standard InChI is InChI=1S/C23H30N2O4/c1-2-3-12-29-23(28)16-8-10-19(11-9-16)25-21(26)13-20(22(25)27)24-14-17-6-4-5-7-18(17)15-24/h8-11,17-18,20H,2-7,12-15H2,1H3. The number of esters is 1. The zero-order valence-electron chi connectivity index (χ0n) is 17.1. The van der Waals surface area contributed by atoms with Gasteiger partial charge in [-0.25, -0.2) is 9.69 Å². The number of fused-ring (bicyclic) bond motifs is 1. The van der Waals surface area contributed by atoms with Crippen LogP contribution in [0.25, 0.3) is 0 Å². The van der Waals surface area contributed by atoms with Crippen LogP contribution in [0, 0.1) is 11.8 Å². The maximum absolute atomic E-state index is 13.1. The van der Waals surface area contributed by atoms with Gasteiger partial charge >= 0.3 is 5.97 Å². The predicted molar refractivity (Wildman–Crippen MR) is 110 cm³/mol. The third-order valence-electron chi connectivity index (χ3n) is 6.66. The Bertz CT molecular complexity index is 762. The largest absolute Gasteiger partial charge is 0.462 e. The molecule has 0 aromatic heterocycles. The molecule has 0 radical (unpaired) electrons. The number of hydrogen-bond acceptors (Lipinski definition) is 5. The number of nitrogens with zero attached hydrogens (tertiary/aromatic N) is 2. The van der Waals surface area contributed by atoms with Crippen molar-refractivity contribution >= 4 is 23.5 Å².